The maximum absolute atomic E-state index is 10.0. The van der Waals surface area contributed by atoms with E-state index in [1.807, 2.05) is 0 Å². The highest BCUT2D eigenvalue weighted by Gasteiger charge is 2.45. The van der Waals surface area contributed by atoms with E-state index in [2.05, 4.69) is 20.9 Å². The molecule has 1 saturated heterocycles. The zero-order valence-electron chi connectivity index (χ0n) is 12.6. The van der Waals surface area contributed by atoms with Crippen LogP contribution in [0.15, 0.2) is 21.6 Å². The second-order valence-electron chi connectivity index (χ2n) is 5.22. The topological polar surface area (TPSA) is 112 Å². The molecule has 0 spiro atoms. The van der Waals surface area contributed by atoms with Crippen molar-refractivity contribution in [2.45, 2.75) is 36.8 Å². The molecule has 4 N–H and O–H groups in total. The van der Waals surface area contributed by atoms with Gasteiger partial charge in [-0.25, -0.2) is 0 Å². The number of ether oxygens (including phenoxy) is 2. The summed E-state index contributed by atoms with van der Waals surface area (Å²) in [7, 11) is 0. The summed E-state index contributed by atoms with van der Waals surface area (Å²) < 4.78 is 19.8. The lowest BCUT2D eigenvalue weighted by Crippen LogP contribution is -2.59. The van der Waals surface area contributed by atoms with Crippen LogP contribution in [-0.4, -0.2) is 64.0 Å². The molecular formula is C14H15BrClNO6. The van der Waals surface area contributed by atoms with Crippen molar-refractivity contribution in [2.75, 3.05) is 6.61 Å². The molecule has 7 nitrogen and oxygen atoms in total. The molecule has 0 radical (unpaired) electrons. The lowest BCUT2D eigenvalue weighted by molar-refractivity contribution is -0.306. The van der Waals surface area contributed by atoms with Gasteiger partial charge < -0.3 is 29.9 Å². The highest BCUT2D eigenvalue weighted by atomic mass is 79.9. The van der Waals surface area contributed by atoms with Crippen molar-refractivity contribution in [1.82, 2.24) is 0 Å². The average molecular weight is 410 g/mol. The minimum Gasteiger partial charge on any atom is -0.394 e. The Morgan fingerprint density at radius 2 is 2.04 bits per heavy atom. The molecule has 1 aromatic rings. The third-order valence-corrected chi connectivity index (χ3v) is 4.91. The van der Waals surface area contributed by atoms with E-state index in [-0.39, 0.29) is 0 Å². The molecule has 2 aliphatic rings. The molecule has 0 saturated carbocycles. The van der Waals surface area contributed by atoms with Crippen molar-refractivity contribution in [3.8, 4) is 0 Å². The maximum atomic E-state index is 10.0. The van der Waals surface area contributed by atoms with E-state index in [9.17, 15) is 20.4 Å². The van der Waals surface area contributed by atoms with Gasteiger partial charge in [0, 0.05) is 16.3 Å². The highest BCUT2D eigenvalue weighted by molar-refractivity contribution is 9.10. The highest BCUT2D eigenvalue weighted by Crippen LogP contribution is 2.40. The van der Waals surface area contributed by atoms with Crippen molar-refractivity contribution in [2.24, 2.45) is 4.99 Å². The van der Waals surface area contributed by atoms with Crippen LogP contribution >= 0.6 is 27.5 Å². The lowest BCUT2D eigenvalue weighted by atomic mass is 9.99. The fraction of sp³-hybridized carbons (Fsp3) is 0.500. The van der Waals surface area contributed by atoms with Crippen LogP contribution in [0.1, 0.15) is 13.0 Å². The summed E-state index contributed by atoms with van der Waals surface area (Å²) in [5.41, 5.74) is 0.804. The second kappa shape index (κ2) is 6.73. The standard InChI is InChI=1S/C14H15BrClNO6/c15-6-1-5-8(2-7(6)16)17-3-9(5)22-14-13(21)12(20)11(19)10(4-18)23-14/h1-3,9-14,18-21H,4H2/t9?,10-,11+,12+,13-,14?/m1/s1/i9D. The number of nitrogens with zero attached hydrogens (tertiary/aromatic N) is 1. The van der Waals surface area contributed by atoms with Crippen molar-refractivity contribution in [3.63, 3.8) is 0 Å². The van der Waals surface area contributed by atoms with Gasteiger partial charge in [-0.3, -0.25) is 4.99 Å². The first-order valence-corrected chi connectivity index (χ1v) is 7.97. The van der Waals surface area contributed by atoms with Gasteiger partial charge in [-0.1, -0.05) is 11.6 Å². The fourth-order valence-corrected chi connectivity index (χ4v) is 2.92. The van der Waals surface area contributed by atoms with Crippen LogP contribution in [0.3, 0.4) is 0 Å². The van der Waals surface area contributed by atoms with E-state index in [1.54, 1.807) is 12.1 Å². The first-order chi connectivity index (χ1) is 11.3. The number of aliphatic imine (C=N–C) groups is 1. The van der Waals surface area contributed by atoms with Gasteiger partial charge in [0.15, 0.2) is 6.29 Å². The number of aliphatic hydroxyl groups is 4. The molecule has 3 rings (SSSR count). The van der Waals surface area contributed by atoms with E-state index >= 15 is 0 Å². The van der Waals surface area contributed by atoms with Crippen LogP contribution in [0, 0.1) is 0 Å². The molecule has 9 heteroatoms. The number of rotatable bonds is 3. The SMILES string of the molecule is [2H]C1(OC2O[C@H](CO)[C@H](O)[C@H](O)[C@H]2O)C=Nc2cc(Cl)c(Br)cc21. The molecule has 126 valence electrons. The predicted molar refractivity (Wildman–Crippen MR) is 84.9 cm³/mol. The quantitative estimate of drug-likeness (QED) is 0.584. The fourth-order valence-electron chi connectivity index (χ4n) is 2.42. The van der Waals surface area contributed by atoms with Gasteiger partial charge in [-0.05, 0) is 28.1 Å². The molecule has 0 bridgehead atoms. The lowest BCUT2D eigenvalue weighted by Gasteiger charge is -2.40. The minimum absolute atomic E-state index is 0.371. The molecule has 2 heterocycles. The molecule has 6 atom stereocenters. The summed E-state index contributed by atoms with van der Waals surface area (Å²) in [6, 6.07) is 3.13. The first-order valence-electron chi connectivity index (χ1n) is 7.30. The number of aliphatic hydroxyl groups excluding tert-OH is 4. The Kier molecular flexibility index (Phi) is 4.66. The van der Waals surface area contributed by atoms with Gasteiger partial charge in [0.1, 0.15) is 30.5 Å². The Morgan fingerprint density at radius 3 is 2.74 bits per heavy atom. The number of hydrogen-bond acceptors (Lipinski definition) is 7. The summed E-state index contributed by atoms with van der Waals surface area (Å²) in [4.78, 5) is 4.08. The van der Waals surface area contributed by atoms with Gasteiger partial charge in [0.2, 0.25) is 0 Å². The van der Waals surface area contributed by atoms with E-state index < -0.39 is 43.4 Å². The molecule has 0 aliphatic carbocycles. The normalized spacial score (nSPS) is 40.1. The molecule has 1 fully saturated rings. The van der Waals surface area contributed by atoms with E-state index in [1.165, 1.54) is 6.21 Å². The second-order valence-corrected chi connectivity index (χ2v) is 6.48. The molecule has 0 aromatic heterocycles. The number of halogens is 2. The Bertz CT molecular complexity index is 677. The van der Waals surface area contributed by atoms with Crippen LogP contribution in [0.4, 0.5) is 5.69 Å². The Morgan fingerprint density at radius 1 is 1.30 bits per heavy atom. The van der Waals surface area contributed by atoms with E-state index in [0.29, 0.717) is 20.7 Å². The van der Waals surface area contributed by atoms with Crippen LogP contribution in [0.2, 0.25) is 5.02 Å². The first kappa shape index (κ1) is 15.9. The van der Waals surface area contributed by atoms with Crippen LogP contribution in [0.25, 0.3) is 0 Å². The van der Waals surface area contributed by atoms with Crippen LogP contribution < -0.4 is 0 Å². The van der Waals surface area contributed by atoms with E-state index in [4.69, 9.17) is 22.4 Å². The Hall–Kier alpha value is -0.580. The molecular weight excluding hydrogens is 394 g/mol. The summed E-state index contributed by atoms with van der Waals surface area (Å²) >= 11 is 9.26. The van der Waals surface area contributed by atoms with Crippen molar-refractivity contribution in [3.05, 3.63) is 27.2 Å². The largest absolute Gasteiger partial charge is 0.394 e. The third kappa shape index (κ3) is 3.18. The molecule has 1 aromatic carbocycles. The van der Waals surface area contributed by atoms with Crippen molar-refractivity contribution >= 4 is 39.4 Å². The minimum atomic E-state index is -1.78. The maximum Gasteiger partial charge on any atom is 0.187 e. The summed E-state index contributed by atoms with van der Waals surface area (Å²) in [5.74, 6) is 0. The average Bonchev–Trinajstić information content (AvgIpc) is 2.85. The van der Waals surface area contributed by atoms with Crippen LogP contribution in [-0.2, 0) is 9.47 Å². The monoisotopic (exact) mass is 408 g/mol. The summed E-state index contributed by atoms with van der Waals surface area (Å²) in [6.45, 7) is -0.582. The van der Waals surface area contributed by atoms with Crippen molar-refractivity contribution < 1.29 is 31.3 Å². The van der Waals surface area contributed by atoms with Crippen LogP contribution in [0.5, 0.6) is 0 Å². The molecule has 23 heavy (non-hydrogen) atoms. The zero-order chi connectivity index (χ0) is 17.6. The van der Waals surface area contributed by atoms with Gasteiger partial charge in [0.25, 0.3) is 0 Å². The smallest absolute Gasteiger partial charge is 0.187 e. The predicted octanol–water partition coefficient (Wildman–Crippen LogP) is 0.676. The van der Waals surface area contributed by atoms with Gasteiger partial charge in [-0.15, -0.1) is 0 Å². The molecule has 0 amide bonds. The third-order valence-electron chi connectivity index (χ3n) is 3.72. The number of fused-ring (bicyclic) bond motifs is 1. The van der Waals surface area contributed by atoms with Gasteiger partial charge in [-0.2, -0.15) is 0 Å². The van der Waals surface area contributed by atoms with Gasteiger partial charge >= 0.3 is 0 Å². The number of hydrogen-bond donors (Lipinski definition) is 4. The molecule has 2 unspecified atom stereocenters. The van der Waals surface area contributed by atoms with Gasteiger partial charge in [0.05, 0.1) is 18.7 Å². The Labute approximate surface area is 146 Å². The molecule has 2 aliphatic heterocycles. The summed E-state index contributed by atoms with van der Waals surface area (Å²) in [5, 5.41) is 39.3. The Balaban J connectivity index is 1.87. The van der Waals surface area contributed by atoms with Crippen molar-refractivity contribution in [1.29, 1.82) is 0 Å². The zero-order valence-corrected chi connectivity index (χ0v) is 14.0. The summed E-state index contributed by atoms with van der Waals surface area (Å²) in [6.07, 6.45) is -7.81. The van der Waals surface area contributed by atoms with E-state index in [0.717, 1.165) is 0 Å². The number of benzene rings is 1.